The molecule has 0 radical (unpaired) electrons. The van der Waals surface area contributed by atoms with Crippen LogP contribution in [0.4, 0.5) is 0 Å². The molecular formula is C20H23NO5. The lowest BCUT2D eigenvalue weighted by molar-refractivity contribution is -0.121. The topological polar surface area (TPSA) is 84.9 Å². The van der Waals surface area contributed by atoms with E-state index in [0.717, 1.165) is 11.1 Å². The summed E-state index contributed by atoms with van der Waals surface area (Å²) in [6.07, 6.45) is 0.109. The third kappa shape index (κ3) is 4.53. The number of hydrogen-bond acceptors (Lipinski definition) is 4. The van der Waals surface area contributed by atoms with E-state index < -0.39 is 5.97 Å². The highest BCUT2D eigenvalue weighted by Gasteiger charge is 2.16. The first-order valence-corrected chi connectivity index (χ1v) is 8.19. The zero-order valence-electron chi connectivity index (χ0n) is 15.3. The van der Waals surface area contributed by atoms with Crippen LogP contribution in [0, 0.1) is 6.92 Å². The second-order valence-electron chi connectivity index (χ2n) is 6.04. The highest BCUT2D eigenvalue weighted by molar-refractivity contribution is 5.88. The number of aryl methyl sites for hydroxylation is 1. The minimum Gasteiger partial charge on any atom is -0.493 e. The van der Waals surface area contributed by atoms with Crippen LogP contribution in [0.3, 0.4) is 0 Å². The lowest BCUT2D eigenvalue weighted by atomic mass is 10.0. The fourth-order valence-electron chi connectivity index (χ4n) is 2.83. The molecule has 0 aromatic heterocycles. The number of hydrogen-bond donors (Lipinski definition) is 2. The van der Waals surface area contributed by atoms with Crippen molar-refractivity contribution in [2.75, 3.05) is 14.2 Å². The number of nitrogens with one attached hydrogen (secondary N) is 1. The van der Waals surface area contributed by atoms with Gasteiger partial charge in [-0.25, -0.2) is 4.79 Å². The van der Waals surface area contributed by atoms with Crippen molar-refractivity contribution in [1.82, 2.24) is 5.32 Å². The first kappa shape index (κ1) is 19.3. The lowest BCUT2D eigenvalue weighted by Crippen LogP contribution is -2.28. The van der Waals surface area contributed by atoms with Crippen LogP contribution in [-0.2, 0) is 11.2 Å². The van der Waals surface area contributed by atoms with Crippen LogP contribution in [0.15, 0.2) is 36.4 Å². The molecule has 0 saturated carbocycles. The molecule has 0 fully saturated rings. The number of amides is 1. The molecule has 0 aliphatic rings. The molecule has 138 valence electrons. The summed E-state index contributed by atoms with van der Waals surface area (Å²) in [7, 11) is 3.14. The van der Waals surface area contributed by atoms with Crippen molar-refractivity contribution in [3.8, 4) is 11.5 Å². The molecule has 1 unspecified atom stereocenters. The van der Waals surface area contributed by atoms with E-state index in [1.807, 2.05) is 26.0 Å². The van der Waals surface area contributed by atoms with Crippen LogP contribution in [0.2, 0.25) is 0 Å². The van der Waals surface area contributed by atoms with Crippen LogP contribution in [0.1, 0.15) is 40.0 Å². The van der Waals surface area contributed by atoms with Crippen LogP contribution >= 0.6 is 0 Å². The fourth-order valence-corrected chi connectivity index (χ4v) is 2.83. The van der Waals surface area contributed by atoms with E-state index in [0.29, 0.717) is 17.1 Å². The minimum atomic E-state index is -1.01. The summed E-state index contributed by atoms with van der Waals surface area (Å²) in [5, 5.41) is 12.0. The van der Waals surface area contributed by atoms with E-state index in [2.05, 4.69) is 5.32 Å². The normalized spacial score (nSPS) is 11.5. The maximum Gasteiger partial charge on any atom is 0.335 e. The Bertz CT molecular complexity index is 816. The van der Waals surface area contributed by atoms with Gasteiger partial charge in [0.05, 0.1) is 32.2 Å². The van der Waals surface area contributed by atoms with E-state index in [9.17, 15) is 9.59 Å². The van der Waals surface area contributed by atoms with Gasteiger partial charge in [0.25, 0.3) is 0 Å². The highest BCUT2D eigenvalue weighted by atomic mass is 16.5. The average molecular weight is 357 g/mol. The SMILES string of the molecule is COc1cc(C)c(C(C)NC(=O)Cc2cccc(C(=O)O)c2)cc1OC. The number of carboxylic acid groups (broad SMARTS) is 1. The number of aromatic carboxylic acids is 1. The van der Waals surface area contributed by atoms with E-state index in [-0.39, 0.29) is 23.9 Å². The molecule has 0 spiro atoms. The van der Waals surface area contributed by atoms with Gasteiger partial charge in [-0.1, -0.05) is 12.1 Å². The molecular weight excluding hydrogens is 334 g/mol. The van der Waals surface area contributed by atoms with Crippen molar-refractivity contribution < 1.29 is 24.2 Å². The fraction of sp³-hybridized carbons (Fsp3) is 0.300. The number of ether oxygens (including phenoxy) is 2. The standard InChI is InChI=1S/C20H23NO5/c1-12-8-17(25-3)18(26-4)11-16(12)13(2)21-19(22)10-14-6-5-7-15(9-14)20(23)24/h5-9,11,13H,10H2,1-4H3,(H,21,22)(H,23,24). The molecule has 2 aromatic rings. The Morgan fingerprint density at radius 1 is 1.12 bits per heavy atom. The number of rotatable bonds is 7. The van der Waals surface area contributed by atoms with E-state index >= 15 is 0 Å². The van der Waals surface area contributed by atoms with Gasteiger partial charge in [-0.05, 0) is 54.8 Å². The summed E-state index contributed by atoms with van der Waals surface area (Å²) in [4.78, 5) is 23.4. The molecule has 0 aliphatic heterocycles. The Balaban J connectivity index is 2.12. The molecule has 0 heterocycles. The Morgan fingerprint density at radius 2 is 1.77 bits per heavy atom. The second kappa shape index (κ2) is 8.38. The molecule has 2 rings (SSSR count). The van der Waals surface area contributed by atoms with Gasteiger partial charge in [-0.2, -0.15) is 0 Å². The van der Waals surface area contributed by atoms with E-state index in [1.165, 1.54) is 12.1 Å². The average Bonchev–Trinajstić information content (AvgIpc) is 2.61. The quantitative estimate of drug-likeness (QED) is 0.795. The van der Waals surface area contributed by atoms with Gasteiger partial charge in [-0.15, -0.1) is 0 Å². The molecule has 0 saturated heterocycles. The van der Waals surface area contributed by atoms with Crippen LogP contribution < -0.4 is 14.8 Å². The Morgan fingerprint density at radius 3 is 2.38 bits per heavy atom. The van der Waals surface area contributed by atoms with Gasteiger partial charge in [0.1, 0.15) is 0 Å². The zero-order chi connectivity index (χ0) is 19.3. The number of carboxylic acids is 1. The molecule has 26 heavy (non-hydrogen) atoms. The largest absolute Gasteiger partial charge is 0.493 e. The summed E-state index contributed by atoms with van der Waals surface area (Å²) in [6, 6.07) is 9.86. The highest BCUT2D eigenvalue weighted by Crippen LogP contribution is 2.32. The predicted molar refractivity (Wildman–Crippen MR) is 97.9 cm³/mol. The van der Waals surface area contributed by atoms with Crippen molar-refractivity contribution in [2.24, 2.45) is 0 Å². The predicted octanol–water partition coefficient (Wildman–Crippen LogP) is 3.13. The molecule has 2 N–H and O–H groups in total. The molecule has 1 atom stereocenters. The first-order chi connectivity index (χ1) is 12.3. The molecule has 0 aliphatic carbocycles. The Labute approximate surface area is 152 Å². The van der Waals surface area contributed by atoms with Crippen LogP contribution in [0.5, 0.6) is 11.5 Å². The smallest absolute Gasteiger partial charge is 0.335 e. The lowest BCUT2D eigenvalue weighted by Gasteiger charge is -2.19. The summed E-state index contributed by atoms with van der Waals surface area (Å²) < 4.78 is 10.6. The van der Waals surface area contributed by atoms with Gasteiger partial charge >= 0.3 is 5.97 Å². The van der Waals surface area contributed by atoms with Crippen LogP contribution in [-0.4, -0.2) is 31.2 Å². The summed E-state index contributed by atoms with van der Waals surface area (Å²) in [5.74, 6) is 0.0388. The minimum absolute atomic E-state index is 0.109. The molecule has 0 bridgehead atoms. The Kier molecular flexibility index (Phi) is 6.22. The number of methoxy groups -OCH3 is 2. The van der Waals surface area contributed by atoms with Gasteiger partial charge in [-0.3, -0.25) is 4.79 Å². The molecule has 1 amide bonds. The maximum absolute atomic E-state index is 12.4. The summed E-state index contributed by atoms with van der Waals surface area (Å²) in [5.41, 5.74) is 2.72. The zero-order valence-corrected chi connectivity index (χ0v) is 15.3. The number of carbonyl (C=O) groups excluding carboxylic acids is 1. The number of carbonyl (C=O) groups is 2. The van der Waals surface area contributed by atoms with Crippen molar-refractivity contribution >= 4 is 11.9 Å². The molecule has 2 aromatic carbocycles. The third-order valence-corrected chi connectivity index (χ3v) is 4.15. The van der Waals surface area contributed by atoms with Gasteiger partial charge in [0.2, 0.25) is 5.91 Å². The Hall–Kier alpha value is -3.02. The van der Waals surface area contributed by atoms with Crippen molar-refractivity contribution in [1.29, 1.82) is 0 Å². The summed E-state index contributed by atoms with van der Waals surface area (Å²) >= 11 is 0. The van der Waals surface area contributed by atoms with Gasteiger partial charge in [0, 0.05) is 0 Å². The maximum atomic E-state index is 12.4. The van der Waals surface area contributed by atoms with E-state index in [4.69, 9.17) is 14.6 Å². The molecule has 6 heteroatoms. The second-order valence-corrected chi connectivity index (χ2v) is 6.04. The van der Waals surface area contributed by atoms with Gasteiger partial charge < -0.3 is 19.9 Å². The first-order valence-electron chi connectivity index (χ1n) is 8.19. The van der Waals surface area contributed by atoms with Crippen molar-refractivity contribution in [3.63, 3.8) is 0 Å². The summed E-state index contributed by atoms with van der Waals surface area (Å²) in [6.45, 7) is 3.83. The monoisotopic (exact) mass is 357 g/mol. The molecule has 6 nitrogen and oxygen atoms in total. The van der Waals surface area contributed by atoms with Crippen LogP contribution in [0.25, 0.3) is 0 Å². The number of benzene rings is 2. The van der Waals surface area contributed by atoms with E-state index in [1.54, 1.807) is 26.4 Å². The van der Waals surface area contributed by atoms with Crippen molar-refractivity contribution in [2.45, 2.75) is 26.3 Å². The van der Waals surface area contributed by atoms with Crippen molar-refractivity contribution in [3.05, 3.63) is 58.7 Å². The van der Waals surface area contributed by atoms with Gasteiger partial charge in [0.15, 0.2) is 11.5 Å². The third-order valence-electron chi connectivity index (χ3n) is 4.15.